The molecular weight excluding hydrogens is 348 g/mol. The highest BCUT2D eigenvalue weighted by atomic mass is 79.9. The summed E-state index contributed by atoms with van der Waals surface area (Å²) in [5, 5.41) is 9.73. The minimum atomic E-state index is 0.149. The standard InChI is InChI=1S/C12H6Br2N2O/c13-6-4-9-10(5-7(6)14)16-12-8(15-9)2-1-3-11(12)17/h1-5,17H. The summed E-state index contributed by atoms with van der Waals surface area (Å²) in [6, 6.07) is 8.97. The molecule has 0 unspecified atom stereocenters. The van der Waals surface area contributed by atoms with Crippen LogP contribution >= 0.6 is 31.9 Å². The molecule has 0 amide bonds. The topological polar surface area (TPSA) is 46.0 Å². The van der Waals surface area contributed by atoms with Gasteiger partial charge in [0, 0.05) is 8.95 Å². The SMILES string of the molecule is Oc1cccc2nc3cc(Br)c(Br)cc3nc12. The van der Waals surface area contributed by atoms with Crippen molar-refractivity contribution in [2.75, 3.05) is 0 Å². The third-order valence-electron chi connectivity index (χ3n) is 2.48. The van der Waals surface area contributed by atoms with Crippen LogP contribution in [0.3, 0.4) is 0 Å². The van der Waals surface area contributed by atoms with Gasteiger partial charge in [0.1, 0.15) is 11.3 Å². The third kappa shape index (κ3) is 1.79. The number of halogens is 2. The fraction of sp³-hybridized carbons (Fsp3) is 0. The van der Waals surface area contributed by atoms with Gasteiger partial charge in [-0.2, -0.15) is 0 Å². The average molecular weight is 354 g/mol. The number of nitrogens with zero attached hydrogens (tertiary/aromatic N) is 2. The van der Waals surface area contributed by atoms with Crippen molar-refractivity contribution in [3.8, 4) is 5.75 Å². The number of phenols is 1. The molecule has 1 aromatic heterocycles. The number of para-hydroxylation sites is 1. The van der Waals surface area contributed by atoms with Crippen LogP contribution in [0.2, 0.25) is 0 Å². The molecule has 3 aromatic rings. The molecule has 0 radical (unpaired) electrons. The number of rotatable bonds is 0. The summed E-state index contributed by atoms with van der Waals surface area (Å²) < 4.78 is 1.84. The van der Waals surface area contributed by atoms with E-state index < -0.39 is 0 Å². The Morgan fingerprint density at radius 3 is 2.24 bits per heavy atom. The van der Waals surface area contributed by atoms with E-state index in [2.05, 4.69) is 41.8 Å². The molecule has 0 saturated heterocycles. The molecule has 5 heteroatoms. The van der Waals surface area contributed by atoms with Crippen molar-refractivity contribution in [1.29, 1.82) is 0 Å². The molecule has 84 valence electrons. The van der Waals surface area contributed by atoms with Gasteiger partial charge in [-0.3, -0.25) is 0 Å². The lowest BCUT2D eigenvalue weighted by molar-refractivity contribution is 0.480. The van der Waals surface area contributed by atoms with Gasteiger partial charge >= 0.3 is 0 Å². The van der Waals surface area contributed by atoms with Crippen molar-refractivity contribution >= 4 is 53.9 Å². The molecule has 0 fully saturated rings. The van der Waals surface area contributed by atoms with Crippen molar-refractivity contribution in [3.05, 3.63) is 39.3 Å². The normalized spacial score (nSPS) is 11.2. The van der Waals surface area contributed by atoms with Crippen LogP contribution in [-0.2, 0) is 0 Å². The van der Waals surface area contributed by atoms with E-state index in [4.69, 9.17) is 0 Å². The van der Waals surface area contributed by atoms with E-state index in [1.54, 1.807) is 12.1 Å². The van der Waals surface area contributed by atoms with Gasteiger partial charge in [0.2, 0.25) is 0 Å². The zero-order chi connectivity index (χ0) is 12.0. The summed E-state index contributed by atoms with van der Waals surface area (Å²) in [7, 11) is 0. The zero-order valence-corrected chi connectivity index (χ0v) is 11.7. The summed E-state index contributed by atoms with van der Waals surface area (Å²) in [5.41, 5.74) is 2.74. The van der Waals surface area contributed by atoms with Gasteiger partial charge in [-0.25, -0.2) is 9.97 Å². The molecule has 2 aromatic carbocycles. The van der Waals surface area contributed by atoms with Gasteiger partial charge in [0.25, 0.3) is 0 Å². The number of fused-ring (bicyclic) bond motifs is 2. The maximum atomic E-state index is 9.73. The van der Waals surface area contributed by atoms with Crippen LogP contribution in [0.4, 0.5) is 0 Å². The van der Waals surface area contributed by atoms with E-state index in [1.165, 1.54) is 0 Å². The van der Waals surface area contributed by atoms with E-state index in [0.717, 1.165) is 20.0 Å². The maximum Gasteiger partial charge on any atom is 0.143 e. The number of aromatic nitrogens is 2. The third-order valence-corrected chi connectivity index (χ3v) is 4.33. The van der Waals surface area contributed by atoms with Crippen LogP contribution in [0.25, 0.3) is 22.1 Å². The predicted molar refractivity (Wildman–Crippen MR) is 74.1 cm³/mol. The summed E-state index contributed by atoms with van der Waals surface area (Å²) in [6.07, 6.45) is 0. The highest BCUT2D eigenvalue weighted by Gasteiger charge is 2.07. The minimum Gasteiger partial charge on any atom is -0.506 e. The second kappa shape index (κ2) is 3.92. The van der Waals surface area contributed by atoms with Crippen LogP contribution in [0, 0.1) is 0 Å². The first kappa shape index (κ1) is 10.9. The molecule has 0 aliphatic heterocycles. The molecule has 0 bridgehead atoms. The fourth-order valence-corrected chi connectivity index (χ4v) is 2.34. The van der Waals surface area contributed by atoms with E-state index in [0.29, 0.717) is 11.0 Å². The molecule has 3 nitrogen and oxygen atoms in total. The molecule has 0 aliphatic rings. The fourth-order valence-electron chi connectivity index (χ4n) is 1.68. The van der Waals surface area contributed by atoms with E-state index >= 15 is 0 Å². The molecule has 0 spiro atoms. The van der Waals surface area contributed by atoms with Crippen molar-refractivity contribution in [3.63, 3.8) is 0 Å². The maximum absolute atomic E-state index is 9.73. The van der Waals surface area contributed by atoms with Crippen LogP contribution in [0.5, 0.6) is 5.75 Å². The number of benzene rings is 2. The highest BCUT2D eigenvalue weighted by Crippen LogP contribution is 2.29. The Morgan fingerprint density at radius 2 is 1.53 bits per heavy atom. The van der Waals surface area contributed by atoms with Crippen molar-refractivity contribution < 1.29 is 5.11 Å². The highest BCUT2D eigenvalue weighted by molar-refractivity contribution is 9.13. The molecular formula is C12H6Br2N2O. The lowest BCUT2D eigenvalue weighted by Gasteiger charge is -2.04. The molecule has 0 aliphatic carbocycles. The zero-order valence-electron chi connectivity index (χ0n) is 8.48. The number of phenolic OH excluding ortho intramolecular Hbond substituents is 1. The summed E-state index contributed by atoms with van der Waals surface area (Å²) in [5.74, 6) is 0.149. The quantitative estimate of drug-likeness (QED) is 0.621. The Balaban J connectivity index is 2.48. The molecule has 17 heavy (non-hydrogen) atoms. The Hall–Kier alpha value is -1.20. The second-order valence-corrected chi connectivity index (χ2v) is 5.33. The van der Waals surface area contributed by atoms with Crippen LogP contribution in [0.1, 0.15) is 0 Å². The lowest BCUT2D eigenvalue weighted by Crippen LogP contribution is -1.88. The Morgan fingerprint density at radius 1 is 0.882 bits per heavy atom. The van der Waals surface area contributed by atoms with Crippen molar-refractivity contribution in [1.82, 2.24) is 9.97 Å². The number of aromatic hydroxyl groups is 1. The van der Waals surface area contributed by atoms with Gasteiger partial charge in [-0.1, -0.05) is 6.07 Å². The van der Waals surface area contributed by atoms with Gasteiger partial charge in [-0.05, 0) is 56.1 Å². The first-order valence-electron chi connectivity index (χ1n) is 4.89. The summed E-state index contributed by atoms with van der Waals surface area (Å²) in [6.45, 7) is 0. The average Bonchev–Trinajstić information content (AvgIpc) is 2.29. The molecule has 0 saturated carbocycles. The molecule has 1 heterocycles. The Bertz CT molecular complexity index is 743. The molecule has 0 atom stereocenters. The minimum absolute atomic E-state index is 0.149. The molecule has 3 rings (SSSR count). The first-order valence-corrected chi connectivity index (χ1v) is 6.48. The van der Waals surface area contributed by atoms with Crippen LogP contribution in [-0.4, -0.2) is 15.1 Å². The monoisotopic (exact) mass is 352 g/mol. The van der Waals surface area contributed by atoms with Gasteiger partial charge in [-0.15, -0.1) is 0 Å². The van der Waals surface area contributed by atoms with Crippen LogP contribution < -0.4 is 0 Å². The smallest absolute Gasteiger partial charge is 0.143 e. The number of hydrogen-bond donors (Lipinski definition) is 1. The van der Waals surface area contributed by atoms with Crippen LogP contribution in [0.15, 0.2) is 39.3 Å². The largest absolute Gasteiger partial charge is 0.506 e. The molecule has 1 N–H and O–H groups in total. The Kier molecular flexibility index (Phi) is 2.52. The van der Waals surface area contributed by atoms with E-state index in [1.807, 2.05) is 18.2 Å². The first-order chi connectivity index (χ1) is 8.15. The summed E-state index contributed by atoms with van der Waals surface area (Å²) in [4.78, 5) is 8.88. The van der Waals surface area contributed by atoms with Crippen molar-refractivity contribution in [2.24, 2.45) is 0 Å². The van der Waals surface area contributed by atoms with E-state index in [-0.39, 0.29) is 5.75 Å². The van der Waals surface area contributed by atoms with Crippen molar-refractivity contribution in [2.45, 2.75) is 0 Å². The Labute approximate surface area is 114 Å². The second-order valence-electron chi connectivity index (χ2n) is 3.62. The van der Waals surface area contributed by atoms with Gasteiger partial charge < -0.3 is 5.11 Å². The van der Waals surface area contributed by atoms with Gasteiger partial charge in [0.15, 0.2) is 0 Å². The number of hydrogen-bond acceptors (Lipinski definition) is 3. The van der Waals surface area contributed by atoms with E-state index in [9.17, 15) is 5.11 Å². The predicted octanol–water partition coefficient (Wildman–Crippen LogP) is 4.01. The van der Waals surface area contributed by atoms with Gasteiger partial charge in [0.05, 0.1) is 16.6 Å². The summed E-state index contributed by atoms with van der Waals surface area (Å²) >= 11 is 6.85. The lowest BCUT2D eigenvalue weighted by atomic mass is 10.2.